The van der Waals surface area contributed by atoms with Crippen molar-refractivity contribution in [2.75, 3.05) is 12.4 Å². The van der Waals surface area contributed by atoms with Gasteiger partial charge in [-0.15, -0.1) is 0 Å². The zero-order chi connectivity index (χ0) is 21.8. The van der Waals surface area contributed by atoms with E-state index in [9.17, 15) is 9.59 Å². The van der Waals surface area contributed by atoms with Crippen LogP contribution >= 0.6 is 0 Å². The van der Waals surface area contributed by atoms with Gasteiger partial charge < -0.3 is 9.88 Å². The number of anilines is 1. The highest BCUT2D eigenvalue weighted by Gasteiger charge is 2.16. The summed E-state index contributed by atoms with van der Waals surface area (Å²) in [6, 6.07) is 0. The van der Waals surface area contributed by atoms with Crippen LogP contribution in [0.15, 0.2) is 9.59 Å². The first kappa shape index (κ1) is 24.2. The SMILES string of the molecule is CCCCCCCCCCCCCCCCn1c(NC)nc2c1c(=O)[nH]c(=O)n2C. The number of imidazole rings is 1. The average molecular weight is 420 g/mol. The largest absolute Gasteiger partial charge is 0.359 e. The van der Waals surface area contributed by atoms with Crippen LogP contribution in [0.3, 0.4) is 0 Å². The molecule has 0 spiro atoms. The van der Waals surface area contributed by atoms with E-state index >= 15 is 0 Å². The molecule has 7 nitrogen and oxygen atoms in total. The highest BCUT2D eigenvalue weighted by molar-refractivity contribution is 5.74. The maximum Gasteiger partial charge on any atom is 0.329 e. The summed E-state index contributed by atoms with van der Waals surface area (Å²) in [5.74, 6) is 0.631. The number of unbranched alkanes of at least 4 members (excludes halogenated alkanes) is 13. The van der Waals surface area contributed by atoms with E-state index in [4.69, 9.17) is 0 Å². The average Bonchev–Trinajstić information content (AvgIpc) is 3.11. The van der Waals surface area contributed by atoms with Crippen molar-refractivity contribution in [1.82, 2.24) is 19.1 Å². The molecule has 0 saturated heterocycles. The van der Waals surface area contributed by atoms with Crippen LogP contribution in [0, 0.1) is 0 Å². The van der Waals surface area contributed by atoms with Crippen LogP contribution in [-0.4, -0.2) is 26.1 Å². The Morgan fingerprint density at radius 1 is 0.833 bits per heavy atom. The maximum atomic E-state index is 12.3. The summed E-state index contributed by atoms with van der Waals surface area (Å²) in [5, 5.41) is 3.04. The molecule has 0 aromatic carbocycles. The number of fused-ring (bicyclic) bond motifs is 1. The van der Waals surface area contributed by atoms with E-state index in [-0.39, 0.29) is 5.56 Å². The fourth-order valence-corrected chi connectivity index (χ4v) is 4.11. The smallest absolute Gasteiger partial charge is 0.329 e. The summed E-state index contributed by atoms with van der Waals surface area (Å²) in [6.45, 7) is 3.00. The maximum absolute atomic E-state index is 12.3. The van der Waals surface area contributed by atoms with E-state index in [1.54, 1.807) is 14.1 Å². The van der Waals surface area contributed by atoms with Gasteiger partial charge in [-0.1, -0.05) is 90.4 Å². The molecular formula is C23H41N5O2. The van der Waals surface area contributed by atoms with Crippen molar-refractivity contribution in [1.29, 1.82) is 0 Å². The molecule has 0 amide bonds. The first-order chi connectivity index (χ1) is 14.6. The molecule has 7 heteroatoms. The standard InChI is InChI=1S/C23H41N5O2/c1-4-5-6-7-8-9-10-11-12-13-14-15-16-17-18-28-19-20(25-22(28)24-2)27(3)23(30)26-21(19)29/h4-18H2,1-3H3,(H,24,25)(H,26,29,30). The van der Waals surface area contributed by atoms with E-state index in [0.717, 1.165) is 19.4 Å². The molecule has 0 atom stereocenters. The van der Waals surface area contributed by atoms with Crippen LogP contribution in [0.5, 0.6) is 0 Å². The third-order valence-corrected chi connectivity index (χ3v) is 5.97. The second kappa shape index (κ2) is 13.3. The van der Waals surface area contributed by atoms with Gasteiger partial charge in [0.2, 0.25) is 5.95 Å². The van der Waals surface area contributed by atoms with Crippen molar-refractivity contribution in [2.45, 2.75) is 103 Å². The molecule has 0 radical (unpaired) electrons. The number of rotatable bonds is 16. The van der Waals surface area contributed by atoms with Gasteiger partial charge >= 0.3 is 5.69 Å². The van der Waals surface area contributed by atoms with Crippen molar-refractivity contribution in [3.05, 3.63) is 20.8 Å². The monoisotopic (exact) mass is 419 g/mol. The first-order valence-electron chi connectivity index (χ1n) is 12.0. The summed E-state index contributed by atoms with van der Waals surface area (Å²) in [6.07, 6.45) is 18.5. The molecule has 0 unspecified atom stereocenters. The molecule has 2 aromatic rings. The number of hydrogen-bond acceptors (Lipinski definition) is 4. The Morgan fingerprint density at radius 3 is 1.83 bits per heavy atom. The zero-order valence-corrected chi connectivity index (χ0v) is 19.3. The van der Waals surface area contributed by atoms with Crippen molar-refractivity contribution >= 4 is 17.1 Å². The molecule has 0 aliphatic heterocycles. The van der Waals surface area contributed by atoms with E-state index < -0.39 is 5.69 Å². The predicted octanol–water partition coefficient (Wildman–Crippen LogP) is 4.95. The second-order valence-electron chi connectivity index (χ2n) is 8.42. The molecule has 0 aliphatic rings. The second-order valence-corrected chi connectivity index (χ2v) is 8.42. The van der Waals surface area contributed by atoms with Crippen LogP contribution in [-0.2, 0) is 13.6 Å². The van der Waals surface area contributed by atoms with Crippen LogP contribution < -0.4 is 16.6 Å². The van der Waals surface area contributed by atoms with Gasteiger partial charge in [0.25, 0.3) is 5.56 Å². The van der Waals surface area contributed by atoms with E-state index in [1.165, 1.54) is 81.6 Å². The molecular weight excluding hydrogens is 378 g/mol. The molecule has 170 valence electrons. The van der Waals surface area contributed by atoms with Crippen molar-refractivity contribution in [3.63, 3.8) is 0 Å². The number of H-pyrrole nitrogens is 1. The van der Waals surface area contributed by atoms with Gasteiger partial charge in [0, 0.05) is 20.6 Å². The van der Waals surface area contributed by atoms with E-state index in [0.29, 0.717) is 17.1 Å². The minimum absolute atomic E-state index is 0.368. The molecule has 0 bridgehead atoms. The molecule has 0 fully saturated rings. The van der Waals surface area contributed by atoms with Crippen molar-refractivity contribution in [3.8, 4) is 0 Å². The Morgan fingerprint density at radius 2 is 1.33 bits per heavy atom. The highest BCUT2D eigenvalue weighted by Crippen LogP contribution is 2.17. The molecule has 2 N–H and O–H groups in total. The normalized spacial score (nSPS) is 11.4. The van der Waals surface area contributed by atoms with Gasteiger partial charge in [0.15, 0.2) is 11.2 Å². The zero-order valence-electron chi connectivity index (χ0n) is 19.3. The molecule has 2 heterocycles. The van der Waals surface area contributed by atoms with Crippen LogP contribution in [0.1, 0.15) is 96.8 Å². The van der Waals surface area contributed by atoms with Gasteiger partial charge in [0.1, 0.15) is 0 Å². The summed E-state index contributed by atoms with van der Waals surface area (Å²) in [5.41, 5.74) is 0.0957. The Bertz CT molecular complexity index is 865. The Labute approximate surface area is 180 Å². The van der Waals surface area contributed by atoms with E-state index in [1.807, 2.05) is 4.57 Å². The van der Waals surface area contributed by atoms with Crippen LogP contribution in [0.25, 0.3) is 11.2 Å². The Kier molecular flexibility index (Phi) is 10.7. The van der Waals surface area contributed by atoms with Crippen molar-refractivity contribution in [2.24, 2.45) is 7.05 Å². The Hall–Kier alpha value is -2.05. The number of aromatic nitrogens is 4. The number of nitrogens with one attached hydrogen (secondary N) is 2. The van der Waals surface area contributed by atoms with Crippen LogP contribution in [0.4, 0.5) is 5.95 Å². The summed E-state index contributed by atoms with van der Waals surface area (Å²) >= 11 is 0. The van der Waals surface area contributed by atoms with Gasteiger partial charge in [-0.2, -0.15) is 4.98 Å². The highest BCUT2D eigenvalue weighted by atomic mass is 16.2. The topological polar surface area (TPSA) is 84.7 Å². The summed E-state index contributed by atoms with van der Waals surface area (Å²) in [4.78, 5) is 30.9. The lowest BCUT2D eigenvalue weighted by molar-refractivity contribution is 0.526. The van der Waals surface area contributed by atoms with E-state index in [2.05, 4.69) is 22.2 Å². The number of aromatic amines is 1. The minimum Gasteiger partial charge on any atom is -0.359 e. The van der Waals surface area contributed by atoms with Gasteiger partial charge in [0.05, 0.1) is 0 Å². The molecule has 0 saturated carbocycles. The number of hydrogen-bond donors (Lipinski definition) is 2. The first-order valence-corrected chi connectivity index (χ1v) is 12.0. The van der Waals surface area contributed by atoms with Crippen molar-refractivity contribution < 1.29 is 0 Å². The quantitative estimate of drug-likeness (QED) is 0.377. The number of nitrogens with zero attached hydrogens (tertiary/aromatic N) is 3. The lowest BCUT2D eigenvalue weighted by Gasteiger charge is -2.08. The fraction of sp³-hybridized carbons (Fsp3) is 0.783. The fourth-order valence-electron chi connectivity index (χ4n) is 4.11. The molecule has 2 aromatic heterocycles. The minimum atomic E-state index is -0.434. The van der Waals surface area contributed by atoms with Gasteiger partial charge in [-0.25, -0.2) is 4.79 Å². The third kappa shape index (κ3) is 7.03. The molecule has 2 rings (SSSR count). The van der Waals surface area contributed by atoms with Crippen LogP contribution in [0.2, 0.25) is 0 Å². The lowest BCUT2D eigenvalue weighted by Crippen LogP contribution is -2.29. The molecule has 30 heavy (non-hydrogen) atoms. The van der Waals surface area contributed by atoms with Gasteiger partial charge in [-0.3, -0.25) is 14.3 Å². The van der Waals surface area contributed by atoms with Gasteiger partial charge in [-0.05, 0) is 6.42 Å². The predicted molar refractivity (Wildman–Crippen MR) is 125 cm³/mol. The number of aryl methyl sites for hydroxylation is 2. The lowest BCUT2D eigenvalue weighted by atomic mass is 10.0. The summed E-state index contributed by atoms with van der Waals surface area (Å²) < 4.78 is 3.29. The Balaban J connectivity index is 1.64. The third-order valence-electron chi connectivity index (χ3n) is 5.97. The molecule has 0 aliphatic carbocycles. The summed E-state index contributed by atoms with van der Waals surface area (Å²) in [7, 11) is 3.42.